The molecule has 2 aromatic carbocycles. The van der Waals surface area contributed by atoms with Crippen LogP contribution in [0.25, 0.3) is 0 Å². The number of amides is 3. The van der Waals surface area contributed by atoms with Gasteiger partial charge in [-0.05, 0) is 41.8 Å². The van der Waals surface area contributed by atoms with Gasteiger partial charge in [-0.15, -0.1) is 11.3 Å². The summed E-state index contributed by atoms with van der Waals surface area (Å²) in [4.78, 5) is 53.1. The van der Waals surface area contributed by atoms with E-state index in [4.69, 9.17) is 0 Å². The minimum atomic E-state index is -1.02. The second kappa shape index (κ2) is 7.10. The van der Waals surface area contributed by atoms with Crippen molar-refractivity contribution < 1.29 is 19.3 Å². The van der Waals surface area contributed by atoms with Crippen molar-refractivity contribution in [2.75, 3.05) is 4.90 Å². The van der Waals surface area contributed by atoms with E-state index in [0.29, 0.717) is 5.69 Å². The Morgan fingerprint density at radius 1 is 0.903 bits per heavy atom. The first-order chi connectivity index (χ1) is 14.9. The number of rotatable bonds is 4. The van der Waals surface area contributed by atoms with E-state index in [9.17, 15) is 24.5 Å². The SMILES string of the molecule is O=C1c2ccc([N+](=O)[O-])cc2C(=O)N1C1C(=O)N(c2ccc(Br)cc2)C1c1cccs1. The van der Waals surface area contributed by atoms with Crippen LogP contribution in [0.1, 0.15) is 31.6 Å². The van der Waals surface area contributed by atoms with E-state index in [0.717, 1.165) is 20.3 Å². The highest BCUT2D eigenvalue weighted by molar-refractivity contribution is 9.10. The summed E-state index contributed by atoms with van der Waals surface area (Å²) in [5.41, 5.74) is 0.373. The zero-order valence-electron chi connectivity index (χ0n) is 15.6. The molecule has 2 aliphatic heterocycles. The number of nitro benzene ring substituents is 1. The number of fused-ring (bicyclic) bond motifs is 1. The Kier molecular flexibility index (Phi) is 4.49. The normalized spacial score (nSPS) is 20.1. The third-order valence-electron chi connectivity index (χ3n) is 5.40. The van der Waals surface area contributed by atoms with Gasteiger partial charge < -0.3 is 0 Å². The molecule has 1 saturated heterocycles. The Bertz CT molecular complexity index is 1260. The highest BCUT2D eigenvalue weighted by Gasteiger charge is 2.57. The number of anilines is 1. The summed E-state index contributed by atoms with van der Waals surface area (Å²) in [6.45, 7) is 0. The van der Waals surface area contributed by atoms with Crippen molar-refractivity contribution in [2.45, 2.75) is 12.1 Å². The first-order valence-corrected chi connectivity index (χ1v) is 10.8. The maximum Gasteiger partial charge on any atom is 0.270 e. The molecule has 31 heavy (non-hydrogen) atoms. The molecule has 2 atom stereocenters. The van der Waals surface area contributed by atoms with Gasteiger partial charge in [0.2, 0.25) is 0 Å². The largest absolute Gasteiger partial charge is 0.300 e. The van der Waals surface area contributed by atoms with Crippen molar-refractivity contribution in [2.24, 2.45) is 0 Å². The molecule has 0 aliphatic carbocycles. The van der Waals surface area contributed by atoms with Gasteiger partial charge in [0.25, 0.3) is 23.4 Å². The lowest BCUT2D eigenvalue weighted by molar-refractivity contribution is -0.384. The number of nitrogens with zero attached hydrogens (tertiary/aromatic N) is 3. The Balaban J connectivity index is 1.55. The van der Waals surface area contributed by atoms with Crippen molar-refractivity contribution >= 4 is 56.4 Å². The fourth-order valence-electron chi connectivity index (χ4n) is 3.97. The van der Waals surface area contributed by atoms with Crippen molar-refractivity contribution in [3.05, 3.63) is 90.6 Å². The lowest BCUT2D eigenvalue weighted by Gasteiger charge is -2.49. The van der Waals surface area contributed by atoms with E-state index in [2.05, 4.69) is 15.9 Å². The number of thiophene rings is 1. The Morgan fingerprint density at radius 3 is 2.26 bits per heavy atom. The summed E-state index contributed by atoms with van der Waals surface area (Å²) in [5, 5.41) is 12.9. The zero-order chi connectivity index (χ0) is 21.9. The summed E-state index contributed by atoms with van der Waals surface area (Å²) in [6.07, 6.45) is 0. The molecule has 10 heteroatoms. The summed E-state index contributed by atoms with van der Waals surface area (Å²) in [6, 6.07) is 12.9. The number of carbonyl (C=O) groups is 3. The van der Waals surface area contributed by atoms with Gasteiger partial charge in [0.1, 0.15) is 12.1 Å². The third kappa shape index (κ3) is 2.90. The molecule has 0 saturated carbocycles. The summed E-state index contributed by atoms with van der Waals surface area (Å²) in [7, 11) is 0. The molecule has 5 rings (SSSR count). The zero-order valence-corrected chi connectivity index (χ0v) is 18.0. The molecule has 0 bridgehead atoms. The van der Waals surface area contributed by atoms with Crippen molar-refractivity contribution in [3.8, 4) is 0 Å². The van der Waals surface area contributed by atoms with Gasteiger partial charge in [-0.25, -0.2) is 0 Å². The van der Waals surface area contributed by atoms with Crippen LogP contribution in [0.5, 0.6) is 0 Å². The lowest BCUT2D eigenvalue weighted by atomic mass is 9.90. The Morgan fingerprint density at radius 2 is 1.61 bits per heavy atom. The fraction of sp³-hybridized carbons (Fsp3) is 0.0952. The molecule has 3 heterocycles. The average molecular weight is 498 g/mol. The van der Waals surface area contributed by atoms with E-state index in [1.54, 1.807) is 17.0 Å². The predicted octanol–water partition coefficient (Wildman–Crippen LogP) is 4.17. The molecule has 154 valence electrons. The average Bonchev–Trinajstić information content (AvgIpc) is 3.36. The van der Waals surface area contributed by atoms with Crippen LogP contribution in [0.15, 0.2) is 64.5 Å². The van der Waals surface area contributed by atoms with Gasteiger partial charge >= 0.3 is 0 Å². The molecule has 2 unspecified atom stereocenters. The first-order valence-electron chi connectivity index (χ1n) is 9.17. The smallest absolute Gasteiger partial charge is 0.270 e. The Hall–Kier alpha value is -3.37. The van der Waals surface area contributed by atoms with Gasteiger partial charge in [-0.1, -0.05) is 22.0 Å². The number of benzene rings is 2. The maximum atomic E-state index is 13.2. The first kappa shape index (κ1) is 19.6. The van der Waals surface area contributed by atoms with Crippen LogP contribution in [0.4, 0.5) is 11.4 Å². The number of non-ortho nitro benzene ring substituents is 1. The van der Waals surface area contributed by atoms with Crippen molar-refractivity contribution in [1.82, 2.24) is 4.90 Å². The second-order valence-electron chi connectivity index (χ2n) is 7.06. The van der Waals surface area contributed by atoms with Gasteiger partial charge in [0, 0.05) is 27.2 Å². The molecule has 1 aromatic heterocycles. The highest BCUT2D eigenvalue weighted by atomic mass is 79.9. The fourth-order valence-corrected chi connectivity index (χ4v) is 5.08. The van der Waals surface area contributed by atoms with Crippen LogP contribution in [0, 0.1) is 10.1 Å². The number of β-lactam (4-membered cyclic amide) rings is 1. The minimum absolute atomic E-state index is 0.0565. The number of carbonyl (C=O) groups excluding carboxylic acids is 3. The monoisotopic (exact) mass is 497 g/mol. The summed E-state index contributed by atoms with van der Waals surface area (Å²) >= 11 is 4.79. The van der Waals surface area contributed by atoms with E-state index in [-0.39, 0.29) is 22.7 Å². The highest BCUT2D eigenvalue weighted by Crippen LogP contribution is 2.45. The molecular formula is C21H12BrN3O5S. The van der Waals surface area contributed by atoms with Crippen molar-refractivity contribution in [3.63, 3.8) is 0 Å². The van der Waals surface area contributed by atoms with Crippen molar-refractivity contribution in [1.29, 1.82) is 0 Å². The quantitative estimate of drug-likeness (QED) is 0.233. The molecule has 3 aromatic rings. The second-order valence-corrected chi connectivity index (χ2v) is 8.95. The van der Waals surface area contributed by atoms with Crippen LogP contribution >= 0.6 is 27.3 Å². The molecular weight excluding hydrogens is 486 g/mol. The number of hydrogen-bond acceptors (Lipinski definition) is 6. The number of imide groups is 1. The van der Waals surface area contributed by atoms with E-state index >= 15 is 0 Å². The van der Waals surface area contributed by atoms with Gasteiger partial charge in [0.15, 0.2) is 0 Å². The topological polar surface area (TPSA) is 101 Å². The van der Waals surface area contributed by atoms with Gasteiger partial charge in [0.05, 0.1) is 16.1 Å². The van der Waals surface area contributed by atoms with Crippen LogP contribution in [0.3, 0.4) is 0 Å². The molecule has 3 amide bonds. The lowest BCUT2D eigenvalue weighted by Crippen LogP contribution is -2.66. The number of halogens is 1. The van der Waals surface area contributed by atoms with E-state index in [1.165, 1.54) is 23.5 Å². The van der Waals surface area contributed by atoms with Gasteiger partial charge in [-0.2, -0.15) is 0 Å². The summed E-state index contributed by atoms with van der Waals surface area (Å²) in [5.74, 6) is -1.70. The number of hydrogen-bond donors (Lipinski definition) is 0. The molecule has 1 fully saturated rings. The van der Waals surface area contributed by atoms with Crippen LogP contribution in [-0.4, -0.2) is 33.6 Å². The van der Waals surface area contributed by atoms with Crippen LogP contribution in [0.2, 0.25) is 0 Å². The Labute approximate surface area is 188 Å². The summed E-state index contributed by atoms with van der Waals surface area (Å²) < 4.78 is 0.857. The standard InChI is InChI=1S/C21H12BrN3O5S/c22-11-3-5-12(6-4-11)23-17(16-2-1-9-31-16)18(21(23)28)24-19(26)14-8-7-13(25(29)30)10-15(14)20(24)27/h1-10,17-18H. The molecule has 0 spiro atoms. The van der Waals surface area contributed by atoms with Gasteiger partial charge in [-0.3, -0.25) is 34.3 Å². The van der Waals surface area contributed by atoms with E-state index in [1.807, 2.05) is 29.6 Å². The molecule has 8 nitrogen and oxygen atoms in total. The number of nitro groups is 1. The predicted molar refractivity (Wildman–Crippen MR) is 116 cm³/mol. The van der Waals surface area contributed by atoms with E-state index < -0.39 is 28.8 Å². The van der Waals surface area contributed by atoms with Crippen LogP contribution in [-0.2, 0) is 4.79 Å². The molecule has 0 radical (unpaired) electrons. The third-order valence-corrected chi connectivity index (χ3v) is 6.87. The molecule has 2 aliphatic rings. The maximum absolute atomic E-state index is 13.2. The molecule has 0 N–H and O–H groups in total. The minimum Gasteiger partial charge on any atom is -0.300 e. The van der Waals surface area contributed by atoms with Crippen LogP contribution < -0.4 is 4.90 Å².